The Hall–Kier alpha value is -1.01. The molecule has 3 heterocycles. The van der Waals surface area contributed by atoms with Gasteiger partial charge in [0.25, 0.3) is 0 Å². The topological polar surface area (TPSA) is 225 Å². The summed E-state index contributed by atoms with van der Waals surface area (Å²) in [5, 5.41) is 86.1. The number of aliphatic hydroxyl groups is 8. The third-order valence-corrected chi connectivity index (χ3v) is 18.3. The standard InChI is InChI=1S/C42H68O14/c1-36(2)12-14-41-15-13-40(7)39(6)11-8-22-37(3,4)26(9-10-38(22,5)23(39)16-25(45)42(40,24(41)17-36)56-35(41)51)54-33-31(50)29(48)32(21(19-44)53-33)55-34-30(49)28(47)27(46)20(18-43)52-34/h20-34,43-50H,8-19H2,1-7H3/t20-,21-,22+,23-,24-,25+,26+,27+,28+,29-,30-,31-,32-,33+,34+,38+,39-,40+,41+,42-/m1/s1. The second kappa shape index (κ2) is 13.5. The van der Waals surface area contributed by atoms with Crippen LogP contribution in [0.1, 0.15) is 113 Å². The molecule has 8 aliphatic rings. The van der Waals surface area contributed by atoms with E-state index in [1.54, 1.807) is 0 Å². The van der Waals surface area contributed by atoms with Gasteiger partial charge in [-0.05, 0) is 97.7 Å². The van der Waals surface area contributed by atoms with Gasteiger partial charge in [-0.25, -0.2) is 0 Å². The van der Waals surface area contributed by atoms with E-state index >= 15 is 0 Å². The smallest absolute Gasteiger partial charge is 0.313 e. The van der Waals surface area contributed by atoms with Gasteiger partial charge in [-0.3, -0.25) is 4.79 Å². The van der Waals surface area contributed by atoms with Gasteiger partial charge in [0.1, 0.15) is 54.4 Å². The summed E-state index contributed by atoms with van der Waals surface area (Å²) in [6, 6.07) is 0. The van der Waals surface area contributed by atoms with Crippen molar-refractivity contribution in [2.24, 2.45) is 50.2 Å². The lowest BCUT2D eigenvalue weighted by Gasteiger charge is -2.74. The molecule has 8 fully saturated rings. The van der Waals surface area contributed by atoms with E-state index in [0.717, 1.165) is 51.4 Å². The van der Waals surface area contributed by atoms with Crippen LogP contribution in [0.5, 0.6) is 0 Å². The van der Waals surface area contributed by atoms with Crippen LogP contribution in [0, 0.1) is 50.2 Å². The zero-order valence-electron chi connectivity index (χ0n) is 34.2. The molecule has 5 saturated carbocycles. The van der Waals surface area contributed by atoms with Gasteiger partial charge in [0.15, 0.2) is 12.6 Å². The van der Waals surface area contributed by atoms with Crippen molar-refractivity contribution in [3.05, 3.63) is 0 Å². The summed E-state index contributed by atoms with van der Waals surface area (Å²) >= 11 is 0. The molecule has 3 saturated heterocycles. The van der Waals surface area contributed by atoms with Gasteiger partial charge in [-0.1, -0.05) is 48.5 Å². The van der Waals surface area contributed by atoms with E-state index in [1.165, 1.54) is 0 Å². The molecule has 2 bridgehead atoms. The maximum atomic E-state index is 14.0. The SMILES string of the molecule is CC1(C)CC[C@@]23CC[C@]4(C)[C@@](OC2=O)([C@@H]3C1)[C@@H](O)C[C@@H]1[C@@]2(C)CC[C@H](O[C@@H]3O[C@H](CO)[C@@H](O[C@@H]5O[C@H](CO)[C@H](O)[C@H](O)[C@H]5O)[C@H](O)[C@H]3O)C(C)(C)[C@@H]2CC[C@]14C. The van der Waals surface area contributed by atoms with Gasteiger partial charge in [0.05, 0.1) is 30.8 Å². The predicted molar refractivity (Wildman–Crippen MR) is 197 cm³/mol. The molecule has 56 heavy (non-hydrogen) atoms. The molecule has 5 aliphatic carbocycles. The molecule has 0 aromatic carbocycles. The normalized spacial score (nSPS) is 57.3. The number of fused-ring (bicyclic) bond motifs is 4. The van der Waals surface area contributed by atoms with Crippen molar-refractivity contribution < 1.29 is 69.3 Å². The van der Waals surface area contributed by atoms with Crippen molar-refractivity contribution >= 4 is 5.97 Å². The van der Waals surface area contributed by atoms with Crippen molar-refractivity contribution in [3.8, 4) is 0 Å². The van der Waals surface area contributed by atoms with Crippen molar-refractivity contribution in [3.63, 3.8) is 0 Å². The van der Waals surface area contributed by atoms with Crippen LogP contribution in [0.4, 0.5) is 0 Å². The van der Waals surface area contributed by atoms with E-state index in [4.69, 9.17) is 23.7 Å². The Morgan fingerprint density at radius 3 is 1.96 bits per heavy atom. The first-order valence-corrected chi connectivity index (χ1v) is 21.2. The predicted octanol–water partition coefficient (Wildman–Crippen LogP) is 1.53. The number of rotatable bonds is 6. The van der Waals surface area contributed by atoms with E-state index in [9.17, 15) is 45.6 Å². The van der Waals surface area contributed by atoms with Crippen molar-refractivity contribution in [1.82, 2.24) is 0 Å². The maximum Gasteiger partial charge on any atom is 0.313 e. The lowest BCUT2D eigenvalue weighted by molar-refractivity contribution is -0.370. The summed E-state index contributed by atoms with van der Waals surface area (Å²) in [5.41, 5.74) is -2.57. The lowest BCUT2D eigenvalue weighted by atomic mass is 9.30. The molecule has 320 valence electrons. The Kier molecular flexibility index (Phi) is 10.1. The number of ether oxygens (including phenoxy) is 5. The average Bonchev–Trinajstić information content (AvgIpc) is 3.33. The summed E-state index contributed by atoms with van der Waals surface area (Å²) in [6.07, 6.45) is -8.23. The molecule has 0 amide bonds. The van der Waals surface area contributed by atoms with Crippen molar-refractivity contribution in [1.29, 1.82) is 0 Å². The number of aliphatic hydroxyl groups excluding tert-OH is 8. The number of hydrogen-bond acceptors (Lipinski definition) is 14. The highest BCUT2D eigenvalue weighted by Gasteiger charge is 2.83. The van der Waals surface area contributed by atoms with Crippen molar-refractivity contribution in [2.75, 3.05) is 13.2 Å². The maximum absolute atomic E-state index is 14.0. The molecule has 3 aliphatic heterocycles. The van der Waals surface area contributed by atoms with Gasteiger partial charge >= 0.3 is 5.97 Å². The minimum Gasteiger partial charge on any atom is -0.455 e. The zero-order valence-corrected chi connectivity index (χ0v) is 34.2. The van der Waals surface area contributed by atoms with E-state index in [2.05, 4.69) is 48.5 Å². The third-order valence-electron chi connectivity index (χ3n) is 18.3. The fraction of sp³-hybridized carbons (Fsp3) is 0.976. The Bertz CT molecular complexity index is 1520. The van der Waals surface area contributed by atoms with Crippen LogP contribution in [0.25, 0.3) is 0 Å². The molecule has 0 aromatic rings. The first-order chi connectivity index (χ1) is 26.1. The highest BCUT2D eigenvalue weighted by Crippen LogP contribution is 2.80. The minimum atomic E-state index is -1.75. The minimum absolute atomic E-state index is 0.00823. The molecule has 20 atom stereocenters. The van der Waals surface area contributed by atoms with Gasteiger partial charge in [0.2, 0.25) is 0 Å². The molecule has 14 nitrogen and oxygen atoms in total. The largest absolute Gasteiger partial charge is 0.455 e. The lowest BCUT2D eigenvalue weighted by Crippen LogP contribution is -2.76. The zero-order chi connectivity index (χ0) is 40.8. The molecular formula is C42H68O14. The van der Waals surface area contributed by atoms with E-state index in [1.807, 2.05) is 0 Å². The van der Waals surface area contributed by atoms with Gasteiger partial charge in [0, 0.05) is 11.3 Å². The van der Waals surface area contributed by atoms with Crippen LogP contribution in [0.2, 0.25) is 0 Å². The van der Waals surface area contributed by atoms with Gasteiger partial charge in [-0.15, -0.1) is 0 Å². The monoisotopic (exact) mass is 796 g/mol. The Balaban J connectivity index is 1.01. The average molecular weight is 797 g/mol. The Labute approximate surface area is 330 Å². The first-order valence-electron chi connectivity index (χ1n) is 21.2. The molecule has 1 spiro atoms. The summed E-state index contributed by atoms with van der Waals surface area (Å²) in [4.78, 5) is 14.0. The van der Waals surface area contributed by atoms with Gasteiger partial charge in [-0.2, -0.15) is 0 Å². The first kappa shape index (κ1) is 41.7. The number of carbonyl (C=O) groups is 1. The van der Waals surface area contributed by atoms with Crippen LogP contribution in [-0.4, -0.2) is 139 Å². The van der Waals surface area contributed by atoms with Crippen molar-refractivity contribution in [2.45, 2.75) is 192 Å². The third kappa shape index (κ3) is 5.39. The Morgan fingerprint density at radius 1 is 0.661 bits per heavy atom. The quantitative estimate of drug-likeness (QED) is 0.141. The highest BCUT2D eigenvalue weighted by atomic mass is 16.7. The van der Waals surface area contributed by atoms with E-state index < -0.39 is 109 Å². The second-order valence-corrected chi connectivity index (χ2v) is 21.4. The molecule has 0 radical (unpaired) electrons. The summed E-state index contributed by atoms with van der Waals surface area (Å²) < 4.78 is 30.6. The number of esters is 1. The molecule has 0 aromatic heterocycles. The molecule has 0 unspecified atom stereocenters. The fourth-order valence-corrected chi connectivity index (χ4v) is 14.9. The van der Waals surface area contributed by atoms with Gasteiger partial charge < -0.3 is 64.5 Å². The molecule has 14 heteroatoms. The fourth-order valence-electron chi connectivity index (χ4n) is 14.9. The molecular weight excluding hydrogens is 728 g/mol. The van der Waals surface area contributed by atoms with E-state index in [-0.39, 0.29) is 40.0 Å². The van der Waals surface area contributed by atoms with E-state index in [0.29, 0.717) is 12.8 Å². The second-order valence-electron chi connectivity index (χ2n) is 21.4. The summed E-state index contributed by atoms with van der Waals surface area (Å²) in [5.74, 6) is 0.223. The van der Waals surface area contributed by atoms with Crippen LogP contribution in [0.15, 0.2) is 0 Å². The number of carbonyl (C=O) groups excluding carboxylic acids is 1. The van der Waals surface area contributed by atoms with Crippen LogP contribution >= 0.6 is 0 Å². The number of hydrogen-bond donors (Lipinski definition) is 8. The van der Waals surface area contributed by atoms with Crippen LogP contribution in [0.3, 0.4) is 0 Å². The summed E-state index contributed by atoms with van der Waals surface area (Å²) in [6.45, 7) is 14.8. The van der Waals surface area contributed by atoms with Crippen LogP contribution < -0.4 is 0 Å². The summed E-state index contributed by atoms with van der Waals surface area (Å²) in [7, 11) is 0. The van der Waals surface area contributed by atoms with Crippen LogP contribution in [-0.2, 0) is 28.5 Å². The highest BCUT2D eigenvalue weighted by molar-refractivity contribution is 5.82. The molecule has 8 rings (SSSR count). The Morgan fingerprint density at radius 2 is 1.29 bits per heavy atom. The molecule has 8 N–H and O–H groups in total.